The number of hydrogen-bond acceptors (Lipinski definition) is 0. The summed E-state index contributed by atoms with van der Waals surface area (Å²) in [6.07, 6.45) is 8.32. The van der Waals surface area contributed by atoms with E-state index >= 15 is 0 Å². The molecule has 0 heteroatoms. The van der Waals surface area contributed by atoms with Crippen LogP contribution >= 0.6 is 0 Å². The number of fused-ring (bicyclic) bond motifs is 3. The van der Waals surface area contributed by atoms with Crippen LogP contribution in [0.1, 0.15) is 53.4 Å². The van der Waals surface area contributed by atoms with Crippen LogP contribution in [0.2, 0.25) is 0 Å². The average molecular weight is 204 g/mol. The van der Waals surface area contributed by atoms with Gasteiger partial charge in [-0.3, -0.25) is 0 Å². The molecule has 2 fully saturated rings. The van der Waals surface area contributed by atoms with E-state index in [9.17, 15) is 0 Å². The van der Waals surface area contributed by atoms with Crippen molar-refractivity contribution < 1.29 is 0 Å². The molecular formula is C15H24. The van der Waals surface area contributed by atoms with Crippen molar-refractivity contribution in [3.8, 4) is 0 Å². The molecule has 4 atom stereocenters. The zero-order chi connectivity index (χ0) is 10.8. The first kappa shape index (κ1) is 9.93. The van der Waals surface area contributed by atoms with E-state index in [1.165, 1.54) is 25.7 Å². The topological polar surface area (TPSA) is 0 Å². The van der Waals surface area contributed by atoms with Gasteiger partial charge in [-0.25, -0.2) is 0 Å². The van der Waals surface area contributed by atoms with Gasteiger partial charge >= 0.3 is 0 Å². The van der Waals surface area contributed by atoms with Crippen molar-refractivity contribution in [3.63, 3.8) is 0 Å². The van der Waals surface area contributed by atoms with Gasteiger partial charge < -0.3 is 0 Å². The van der Waals surface area contributed by atoms with Gasteiger partial charge in [0.25, 0.3) is 0 Å². The summed E-state index contributed by atoms with van der Waals surface area (Å²) < 4.78 is 0. The second-order valence-electron chi connectivity index (χ2n) is 7.29. The summed E-state index contributed by atoms with van der Waals surface area (Å²) in [5, 5.41) is 0. The molecule has 0 saturated heterocycles. The monoisotopic (exact) mass is 204 g/mol. The highest BCUT2D eigenvalue weighted by molar-refractivity contribution is 5.23. The van der Waals surface area contributed by atoms with Gasteiger partial charge in [0.15, 0.2) is 0 Å². The molecular weight excluding hydrogens is 180 g/mol. The summed E-state index contributed by atoms with van der Waals surface area (Å²) >= 11 is 0. The van der Waals surface area contributed by atoms with E-state index in [4.69, 9.17) is 0 Å². The highest BCUT2D eigenvalue weighted by atomic mass is 14.6. The van der Waals surface area contributed by atoms with Crippen molar-refractivity contribution in [1.82, 2.24) is 0 Å². The lowest BCUT2D eigenvalue weighted by molar-refractivity contribution is 0.145. The molecule has 3 rings (SSSR count). The SMILES string of the molecule is CC1=CC[C@@H]2CC3(C)CCC(C)(C)C3[C@H]12. The average Bonchev–Trinajstić information content (AvgIpc) is 2.67. The second-order valence-corrected chi connectivity index (χ2v) is 7.29. The third-order valence-electron chi connectivity index (χ3n) is 5.80. The predicted molar refractivity (Wildman–Crippen MR) is 64.6 cm³/mol. The Hall–Kier alpha value is -0.260. The summed E-state index contributed by atoms with van der Waals surface area (Å²) in [7, 11) is 0. The Labute approximate surface area is 94.1 Å². The van der Waals surface area contributed by atoms with E-state index in [1.807, 2.05) is 0 Å². The lowest BCUT2D eigenvalue weighted by Gasteiger charge is -2.36. The van der Waals surface area contributed by atoms with Crippen LogP contribution in [0.25, 0.3) is 0 Å². The van der Waals surface area contributed by atoms with Crippen molar-refractivity contribution in [2.24, 2.45) is 28.6 Å². The highest BCUT2D eigenvalue weighted by Crippen LogP contribution is 2.68. The van der Waals surface area contributed by atoms with Crippen molar-refractivity contribution >= 4 is 0 Å². The highest BCUT2D eigenvalue weighted by Gasteiger charge is 2.60. The minimum Gasteiger partial charge on any atom is -0.0850 e. The summed E-state index contributed by atoms with van der Waals surface area (Å²) in [6, 6.07) is 0. The molecule has 0 spiro atoms. The molecule has 0 N–H and O–H groups in total. The van der Waals surface area contributed by atoms with Crippen LogP contribution in [-0.2, 0) is 0 Å². The smallest absolute Gasteiger partial charge is 0.0136 e. The number of rotatable bonds is 0. The van der Waals surface area contributed by atoms with Crippen molar-refractivity contribution in [3.05, 3.63) is 11.6 Å². The zero-order valence-electron chi connectivity index (χ0n) is 10.6. The van der Waals surface area contributed by atoms with Crippen molar-refractivity contribution in [2.45, 2.75) is 53.4 Å². The maximum Gasteiger partial charge on any atom is -0.0136 e. The normalized spacial score (nSPS) is 51.5. The van der Waals surface area contributed by atoms with Crippen LogP contribution in [0.4, 0.5) is 0 Å². The van der Waals surface area contributed by atoms with Crippen LogP contribution in [0.5, 0.6) is 0 Å². The lowest BCUT2D eigenvalue weighted by atomic mass is 9.68. The molecule has 0 aromatic heterocycles. The third-order valence-corrected chi connectivity index (χ3v) is 5.80. The molecule has 3 aliphatic rings. The van der Waals surface area contributed by atoms with Gasteiger partial charge in [-0.1, -0.05) is 32.4 Å². The molecule has 0 aromatic rings. The Morgan fingerprint density at radius 1 is 1.20 bits per heavy atom. The fourth-order valence-electron chi connectivity index (χ4n) is 5.35. The van der Waals surface area contributed by atoms with E-state index in [-0.39, 0.29) is 0 Å². The van der Waals surface area contributed by atoms with Gasteiger partial charge in [0.05, 0.1) is 0 Å². The van der Waals surface area contributed by atoms with Gasteiger partial charge in [0.1, 0.15) is 0 Å². The standard InChI is InChI=1S/C15H24/c1-10-5-6-11-9-15(4)8-7-14(2,3)13(15)12(10)11/h5,11-13H,6-9H2,1-4H3/t11-,12-,13?,15?/m1/s1. The van der Waals surface area contributed by atoms with E-state index in [0.29, 0.717) is 10.8 Å². The van der Waals surface area contributed by atoms with Crippen LogP contribution in [0, 0.1) is 28.6 Å². The maximum absolute atomic E-state index is 2.57. The van der Waals surface area contributed by atoms with E-state index in [2.05, 4.69) is 33.8 Å². The molecule has 84 valence electrons. The van der Waals surface area contributed by atoms with E-state index < -0.39 is 0 Å². The molecule has 0 aromatic carbocycles. The molecule has 0 heterocycles. The minimum absolute atomic E-state index is 0.591. The largest absolute Gasteiger partial charge is 0.0850 e. The van der Waals surface area contributed by atoms with Gasteiger partial charge in [0, 0.05) is 0 Å². The summed E-state index contributed by atoms with van der Waals surface area (Å²) in [5.74, 6) is 2.90. The summed E-state index contributed by atoms with van der Waals surface area (Å²) in [5.41, 5.74) is 2.98. The summed E-state index contributed by atoms with van der Waals surface area (Å²) in [4.78, 5) is 0. The fourth-order valence-corrected chi connectivity index (χ4v) is 5.35. The Morgan fingerprint density at radius 2 is 1.93 bits per heavy atom. The van der Waals surface area contributed by atoms with Crippen LogP contribution in [0.15, 0.2) is 11.6 Å². The second kappa shape index (κ2) is 2.70. The van der Waals surface area contributed by atoms with Crippen molar-refractivity contribution in [2.75, 3.05) is 0 Å². The molecule has 0 bridgehead atoms. The first-order chi connectivity index (χ1) is 6.94. The minimum atomic E-state index is 0.591. The molecule has 2 saturated carbocycles. The van der Waals surface area contributed by atoms with Crippen LogP contribution < -0.4 is 0 Å². The van der Waals surface area contributed by atoms with Gasteiger partial charge in [0.2, 0.25) is 0 Å². The third kappa shape index (κ3) is 1.14. The molecule has 15 heavy (non-hydrogen) atoms. The first-order valence-corrected chi connectivity index (χ1v) is 6.61. The Balaban J connectivity index is 2.03. The first-order valence-electron chi connectivity index (χ1n) is 6.61. The molecule has 2 unspecified atom stereocenters. The quantitative estimate of drug-likeness (QED) is 0.513. The predicted octanol–water partition coefficient (Wildman–Crippen LogP) is 4.42. The Bertz CT molecular complexity index is 323. The van der Waals surface area contributed by atoms with Crippen LogP contribution in [-0.4, -0.2) is 0 Å². The molecule has 0 amide bonds. The van der Waals surface area contributed by atoms with Crippen LogP contribution in [0.3, 0.4) is 0 Å². The summed E-state index contributed by atoms with van der Waals surface area (Å²) in [6.45, 7) is 9.97. The van der Waals surface area contributed by atoms with E-state index in [0.717, 1.165) is 17.8 Å². The number of hydrogen-bond donors (Lipinski definition) is 0. The van der Waals surface area contributed by atoms with Crippen molar-refractivity contribution in [1.29, 1.82) is 0 Å². The number of allylic oxidation sites excluding steroid dienone is 2. The van der Waals surface area contributed by atoms with E-state index in [1.54, 1.807) is 5.57 Å². The van der Waals surface area contributed by atoms with Gasteiger partial charge in [-0.05, 0) is 61.2 Å². The lowest BCUT2D eigenvalue weighted by Crippen LogP contribution is -2.30. The molecule has 0 radical (unpaired) electrons. The molecule has 0 aliphatic heterocycles. The maximum atomic E-state index is 2.57. The molecule has 3 aliphatic carbocycles. The van der Waals surface area contributed by atoms with Gasteiger partial charge in [-0.15, -0.1) is 0 Å². The van der Waals surface area contributed by atoms with Gasteiger partial charge in [-0.2, -0.15) is 0 Å². The Morgan fingerprint density at radius 3 is 2.67 bits per heavy atom. The Kier molecular flexibility index (Phi) is 1.79. The zero-order valence-corrected chi connectivity index (χ0v) is 10.6. The molecule has 0 nitrogen and oxygen atoms in total. The fraction of sp³-hybridized carbons (Fsp3) is 0.867.